The molecule has 0 aromatic heterocycles. The van der Waals surface area contributed by atoms with Gasteiger partial charge in [-0.1, -0.05) is 25.1 Å². The Kier molecular flexibility index (Phi) is 6.79. The largest absolute Gasteiger partial charge is 0.489 e. The second-order valence-corrected chi connectivity index (χ2v) is 7.18. The number of carbonyl (C=O) groups excluding carboxylic acids is 1. The van der Waals surface area contributed by atoms with Crippen molar-refractivity contribution in [3.63, 3.8) is 0 Å². The zero-order chi connectivity index (χ0) is 19.9. The van der Waals surface area contributed by atoms with Crippen molar-refractivity contribution in [3.8, 4) is 23.3 Å². The first-order valence-electron chi connectivity index (χ1n) is 8.17. The van der Waals surface area contributed by atoms with Gasteiger partial charge in [0.05, 0.1) is 18.4 Å². The number of carbonyl (C=O) groups is 1. The molecule has 7 nitrogen and oxygen atoms in total. The zero-order valence-electron chi connectivity index (χ0n) is 15.0. The van der Waals surface area contributed by atoms with Crippen LogP contribution < -0.4 is 13.7 Å². The van der Waals surface area contributed by atoms with E-state index in [1.807, 2.05) is 12.1 Å². The van der Waals surface area contributed by atoms with Crippen molar-refractivity contribution in [2.45, 2.75) is 19.8 Å². The topological polar surface area (TPSA) is 103 Å². The molecular formula is C19H19NO6S. The first-order chi connectivity index (χ1) is 12.8. The average Bonchev–Trinajstić information content (AvgIpc) is 2.61. The van der Waals surface area contributed by atoms with E-state index in [4.69, 9.17) is 13.7 Å². The number of esters is 1. The number of para-hydroxylation sites is 1. The number of benzene rings is 2. The third-order valence-corrected chi connectivity index (χ3v) is 3.89. The summed E-state index contributed by atoms with van der Waals surface area (Å²) in [5, 5.41) is 9.20. The molecule has 2 aromatic carbocycles. The summed E-state index contributed by atoms with van der Waals surface area (Å²) in [5.74, 6) is 0.146. The molecule has 2 rings (SSSR count). The van der Waals surface area contributed by atoms with E-state index in [1.54, 1.807) is 37.3 Å². The molecule has 0 bridgehead atoms. The van der Waals surface area contributed by atoms with Gasteiger partial charge in [0.25, 0.3) is 0 Å². The van der Waals surface area contributed by atoms with Crippen molar-refractivity contribution < 1.29 is 26.9 Å². The lowest BCUT2D eigenvalue weighted by molar-refractivity contribution is -0.134. The number of rotatable bonds is 8. The number of nitrogens with zero attached hydrogens (tertiary/aromatic N) is 1. The minimum Gasteiger partial charge on any atom is -0.489 e. The van der Waals surface area contributed by atoms with E-state index in [2.05, 4.69) is 0 Å². The van der Waals surface area contributed by atoms with Crippen LogP contribution in [0.3, 0.4) is 0 Å². The molecule has 0 heterocycles. The molecule has 27 heavy (non-hydrogen) atoms. The monoisotopic (exact) mass is 389 g/mol. The number of hydrogen-bond acceptors (Lipinski definition) is 7. The van der Waals surface area contributed by atoms with Gasteiger partial charge in [-0.25, -0.2) is 0 Å². The van der Waals surface area contributed by atoms with Gasteiger partial charge in [-0.15, -0.1) is 0 Å². The van der Waals surface area contributed by atoms with Crippen LogP contribution in [0.4, 0.5) is 0 Å². The van der Waals surface area contributed by atoms with Crippen LogP contribution in [-0.2, 0) is 21.3 Å². The van der Waals surface area contributed by atoms with Gasteiger partial charge in [0.15, 0.2) is 11.5 Å². The summed E-state index contributed by atoms with van der Waals surface area (Å²) in [4.78, 5) is 11.6. The fraction of sp³-hybridized carbons (Fsp3) is 0.263. The predicted octanol–water partition coefficient (Wildman–Crippen LogP) is 2.83. The van der Waals surface area contributed by atoms with E-state index in [1.165, 1.54) is 6.07 Å². The van der Waals surface area contributed by atoms with Crippen molar-refractivity contribution in [2.75, 3.05) is 12.9 Å². The van der Waals surface area contributed by atoms with Crippen LogP contribution in [0.1, 0.15) is 24.5 Å². The van der Waals surface area contributed by atoms with Crippen molar-refractivity contribution in [1.82, 2.24) is 0 Å². The van der Waals surface area contributed by atoms with Gasteiger partial charge in [-0.2, -0.15) is 13.7 Å². The maximum Gasteiger partial charge on any atom is 0.311 e. The van der Waals surface area contributed by atoms with Gasteiger partial charge in [-0.3, -0.25) is 4.79 Å². The molecule has 0 atom stereocenters. The lowest BCUT2D eigenvalue weighted by atomic mass is 10.1. The fourth-order valence-electron chi connectivity index (χ4n) is 2.22. The average molecular weight is 389 g/mol. The molecule has 0 unspecified atom stereocenters. The predicted molar refractivity (Wildman–Crippen MR) is 98.2 cm³/mol. The summed E-state index contributed by atoms with van der Waals surface area (Å²) in [5.41, 5.74) is 1.01. The van der Waals surface area contributed by atoms with Gasteiger partial charge in [-0.05, 0) is 29.8 Å². The molecule has 0 aliphatic heterocycles. The zero-order valence-corrected chi connectivity index (χ0v) is 15.8. The Hall–Kier alpha value is -3.05. The van der Waals surface area contributed by atoms with Crippen molar-refractivity contribution in [1.29, 1.82) is 5.26 Å². The van der Waals surface area contributed by atoms with Crippen LogP contribution in [0.15, 0.2) is 42.5 Å². The maximum absolute atomic E-state index is 11.6. The minimum atomic E-state index is -3.60. The van der Waals surface area contributed by atoms with Gasteiger partial charge >= 0.3 is 16.1 Å². The third-order valence-electron chi connectivity index (χ3n) is 3.40. The van der Waals surface area contributed by atoms with E-state index < -0.39 is 16.1 Å². The quantitative estimate of drug-likeness (QED) is 0.388. The highest BCUT2D eigenvalue weighted by Gasteiger charge is 2.14. The molecule has 8 heteroatoms. The standard InChI is InChI=1S/C19H19NO6S/c1-3-18(21)25-19-15(13-20)7-5-9-17(19)24-11-10-14-6-4-8-16(12-14)26-27(2,22)23/h4-9,12H,3,10-11H2,1-2H3. The molecule has 0 aliphatic carbocycles. The van der Waals surface area contributed by atoms with Crippen molar-refractivity contribution in [2.24, 2.45) is 0 Å². The van der Waals surface area contributed by atoms with E-state index >= 15 is 0 Å². The first-order valence-corrected chi connectivity index (χ1v) is 9.99. The van der Waals surface area contributed by atoms with Crippen molar-refractivity contribution in [3.05, 3.63) is 53.6 Å². The van der Waals surface area contributed by atoms with Crippen LogP contribution in [0.25, 0.3) is 0 Å². The van der Waals surface area contributed by atoms with E-state index in [0.29, 0.717) is 12.2 Å². The highest BCUT2D eigenvalue weighted by atomic mass is 32.2. The second kappa shape index (κ2) is 9.05. The summed E-state index contributed by atoms with van der Waals surface area (Å²) in [7, 11) is -3.60. The van der Waals surface area contributed by atoms with Gasteiger partial charge in [0, 0.05) is 12.8 Å². The van der Waals surface area contributed by atoms with Crippen LogP contribution in [0, 0.1) is 11.3 Å². The number of hydrogen-bond donors (Lipinski definition) is 0. The molecule has 142 valence electrons. The summed E-state index contributed by atoms with van der Waals surface area (Å²) < 4.78 is 38.2. The van der Waals surface area contributed by atoms with E-state index in [-0.39, 0.29) is 30.1 Å². The number of ether oxygens (including phenoxy) is 2. The van der Waals surface area contributed by atoms with Crippen molar-refractivity contribution >= 4 is 16.1 Å². The van der Waals surface area contributed by atoms with Gasteiger partial charge in [0.2, 0.25) is 0 Å². The Labute approximate surface area is 158 Å². The molecule has 0 aliphatic rings. The van der Waals surface area contributed by atoms with E-state index in [9.17, 15) is 18.5 Å². The van der Waals surface area contributed by atoms with Crippen LogP contribution >= 0.6 is 0 Å². The molecular weight excluding hydrogens is 370 g/mol. The highest BCUT2D eigenvalue weighted by molar-refractivity contribution is 7.86. The smallest absolute Gasteiger partial charge is 0.311 e. The Bertz CT molecular complexity index is 962. The van der Waals surface area contributed by atoms with Gasteiger partial charge in [0.1, 0.15) is 11.8 Å². The second-order valence-electron chi connectivity index (χ2n) is 5.61. The Balaban J connectivity index is 2.08. The van der Waals surface area contributed by atoms with Crippen LogP contribution in [0.2, 0.25) is 0 Å². The fourth-order valence-corrected chi connectivity index (χ4v) is 2.67. The third kappa shape index (κ3) is 6.31. The molecule has 0 radical (unpaired) electrons. The first kappa shape index (κ1) is 20.3. The summed E-state index contributed by atoms with van der Waals surface area (Å²) in [6.45, 7) is 1.89. The minimum absolute atomic E-state index is 0.0982. The van der Waals surface area contributed by atoms with Gasteiger partial charge < -0.3 is 13.7 Å². The summed E-state index contributed by atoms with van der Waals surface area (Å²) in [6.07, 6.45) is 1.61. The Morgan fingerprint density at radius 2 is 1.93 bits per heavy atom. The maximum atomic E-state index is 11.6. The molecule has 0 amide bonds. The Morgan fingerprint density at radius 3 is 2.59 bits per heavy atom. The molecule has 0 saturated carbocycles. The van der Waals surface area contributed by atoms with E-state index in [0.717, 1.165) is 11.8 Å². The molecule has 0 N–H and O–H groups in total. The summed E-state index contributed by atoms with van der Waals surface area (Å²) >= 11 is 0. The summed E-state index contributed by atoms with van der Waals surface area (Å²) in [6, 6.07) is 13.4. The molecule has 2 aromatic rings. The number of nitriles is 1. The lowest BCUT2D eigenvalue weighted by Crippen LogP contribution is -2.10. The molecule has 0 fully saturated rings. The van der Waals surface area contributed by atoms with Crippen LogP contribution in [-0.4, -0.2) is 27.2 Å². The normalized spacial score (nSPS) is 10.7. The molecule has 0 spiro atoms. The lowest BCUT2D eigenvalue weighted by Gasteiger charge is -2.13. The Morgan fingerprint density at radius 1 is 1.19 bits per heavy atom. The SMILES string of the molecule is CCC(=O)Oc1c(C#N)cccc1OCCc1cccc(OS(C)(=O)=O)c1. The highest BCUT2D eigenvalue weighted by Crippen LogP contribution is 2.31. The van der Waals surface area contributed by atoms with Crippen LogP contribution in [0.5, 0.6) is 17.2 Å². The molecule has 0 saturated heterocycles.